The summed E-state index contributed by atoms with van der Waals surface area (Å²) in [5.41, 5.74) is 6.75. The Labute approximate surface area is 169 Å². The summed E-state index contributed by atoms with van der Waals surface area (Å²) in [6.07, 6.45) is 0. The number of nitroso groups, excluding NO2 is 1. The van der Waals surface area contributed by atoms with Gasteiger partial charge in [0, 0.05) is 19.0 Å². The highest BCUT2D eigenvalue weighted by molar-refractivity contribution is 7.20. The predicted molar refractivity (Wildman–Crippen MR) is 106 cm³/mol. The first-order valence-corrected chi connectivity index (χ1v) is 9.48. The Kier molecular flexibility index (Phi) is 5.23. The molecule has 1 atom stereocenters. The molecule has 2 aromatic heterocycles. The van der Waals surface area contributed by atoms with Crippen molar-refractivity contribution < 1.29 is 19.0 Å². The Morgan fingerprint density at radius 3 is 2.97 bits per heavy atom. The summed E-state index contributed by atoms with van der Waals surface area (Å²) in [6, 6.07) is 5.80. The van der Waals surface area contributed by atoms with Gasteiger partial charge in [0.1, 0.15) is 4.83 Å². The first-order valence-electron chi connectivity index (χ1n) is 8.67. The molecule has 0 saturated carbocycles. The van der Waals surface area contributed by atoms with Crippen molar-refractivity contribution in [3.05, 3.63) is 45.3 Å². The second-order valence-corrected chi connectivity index (χ2v) is 7.20. The normalized spacial score (nSPS) is 13.4. The monoisotopic (exact) mass is 415 g/mol. The lowest BCUT2D eigenvalue weighted by molar-refractivity contribution is 0.0941. The average Bonchev–Trinajstić information content (AvgIpc) is 3.35. The Balaban J connectivity index is 1.73. The van der Waals surface area contributed by atoms with Crippen LogP contribution in [0.15, 0.2) is 29.4 Å². The molecule has 0 bridgehead atoms. The van der Waals surface area contributed by atoms with E-state index in [9.17, 15) is 9.70 Å². The molecule has 0 saturated heterocycles. The van der Waals surface area contributed by atoms with E-state index < -0.39 is 6.04 Å². The van der Waals surface area contributed by atoms with E-state index in [1.54, 1.807) is 31.4 Å². The maximum Gasteiger partial charge on any atom is 0.261 e. The summed E-state index contributed by atoms with van der Waals surface area (Å²) in [5.74, 6) is 0.845. The van der Waals surface area contributed by atoms with Crippen LogP contribution in [0, 0.1) is 4.91 Å². The number of methoxy groups -OCH3 is 1. The molecule has 1 aromatic carbocycles. The number of aromatic nitrogens is 2. The zero-order chi connectivity index (χ0) is 20.4. The number of fused-ring (bicyclic) bond motifs is 2. The molecule has 4 rings (SSSR count). The third-order valence-electron chi connectivity index (χ3n) is 4.33. The van der Waals surface area contributed by atoms with Crippen molar-refractivity contribution in [3.8, 4) is 11.5 Å². The van der Waals surface area contributed by atoms with E-state index in [1.807, 2.05) is 0 Å². The van der Waals surface area contributed by atoms with Crippen molar-refractivity contribution in [2.45, 2.75) is 6.04 Å². The van der Waals surface area contributed by atoms with Crippen LogP contribution in [0.5, 0.6) is 11.5 Å². The number of hydrogen-bond acceptors (Lipinski definition) is 10. The van der Waals surface area contributed by atoms with Crippen molar-refractivity contribution in [2.24, 2.45) is 5.18 Å². The van der Waals surface area contributed by atoms with Gasteiger partial charge in [0.25, 0.3) is 5.91 Å². The van der Waals surface area contributed by atoms with Gasteiger partial charge in [-0.05, 0) is 23.8 Å². The third-order valence-corrected chi connectivity index (χ3v) is 5.36. The van der Waals surface area contributed by atoms with Gasteiger partial charge in [-0.15, -0.1) is 16.2 Å². The van der Waals surface area contributed by atoms with Crippen LogP contribution in [0.4, 0.5) is 5.95 Å². The molecular formula is C18H17N5O5S. The van der Waals surface area contributed by atoms with E-state index in [2.05, 4.69) is 20.5 Å². The summed E-state index contributed by atoms with van der Waals surface area (Å²) >= 11 is 1.16. The second kappa shape index (κ2) is 7.97. The first kappa shape index (κ1) is 19.0. The van der Waals surface area contributed by atoms with E-state index in [0.29, 0.717) is 51.0 Å². The minimum atomic E-state index is -0.948. The molecule has 0 fully saturated rings. The predicted octanol–water partition coefficient (Wildman–Crippen LogP) is 2.23. The van der Waals surface area contributed by atoms with Crippen molar-refractivity contribution in [1.82, 2.24) is 15.3 Å². The molecule has 3 N–H and O–H groups in total. The molecule has 11 heteroatoms. The van der Waals surface area contributed by atoms with E-state index in [0.717, 1.165) is 11.3 Å². The number of nitrogens with zero attached hydrogens (tertiary/aromatic N) is 3. The number of nitrogens with two attached hydrogens (primary N) is 1. The third kappa shape index (κ3) is 3.69. The molecule has 10 nitrogen and oxygen atoms in total. The topological polar surface area (TPSA) is 138 Å². The highest BCUT2D eigenvalue weighted by Gasteiger charge is 2.25. The number of anilines is 1. The van der Waals surface area contributed by atoms with Crippen molar-refractivity contribution in [1.29, 1.82) is 0 Å². The minimum absolute atomic E-state index is 0.00455. The van der Waals surface area contributed by atoms with Gasteiger partial charge in [-0.1, -0.05) is 11.2 Å². The molecule has 1 aliphatic rings. The van der Waals surface area contributed by atoms with Gasteiger partial charge in [-0.3, -0.25) is 4.79 Å². The number of thiophene rings is 1. The molecule has 29 heavy (non-hydrogen) atoms. The molecule has 1 aliphatic heterocycles. The van der Waals surface area contributed by atoms with Gasteiger partial charge >= 0.3 is 0 Å². The average molecular weight is 415 g/mol. The SMILES string of the molecule is COCCNC(=O)c1cc2c(C(N=O)c3ccc4c(c3)OCO4)nc(N)nc2s1. The number of carbonyl (C=O) groups is 1. The fourth-order valence-electron chi connectivity index (χ4n) is 2.99. The smallest absolute Gasteiger partial charge is 0.261 e. The summed E-state index contributed by atoms with van der Waals surface area (Å²) in [6.45, 7) is 0.893. The van der Waals surface area contributed by atoms with Gasteiger partial charge in [0.2, 0.25) is 12.7 Å². The van der Waals surface area contributed by atoms with E-state index in [1.165, 1.54) is 0 Å². The van der Waals surface area contributed by atoms with Crippen LogP contribution in [-0.4, -0.2) is 42.9 Å². The molecule has 150 valence electrons. The van der Waals surface area contributed by atoms with Gasteiger partial charge in [0.05, 0.1) is 17.2 Å². The fraction of sp³-hybridized carbons (Fsp3) is 0.278. The summed E-state index contributed by atoms with van der Waals surface area (Å²) < 4.78 is 15.6. The molecule has 0 spiro atoms. The van der Waals surface area contributed by atoms with Crippen LogP contribution in [0.25, 0.3) is 10.2 Å². The van der Waals surface area contributed by atoms with E-state index >= 15 is 0 Å². The number of amides is 1. The number of carbonyl (C=O) groups excluding carboxylic acids is 1. The molecule has 1 amide bonds. The second-order valence-electron chi connectivity index (χ2n) is 6.17. The summed E-state index contributed by atoms with van der Waals surface area (Å²) in [7, 11) is 1.55. The van der Waals surface area contributed by atoms with Crippen molar-refractivity contribution in [2.75, 3.05) is 32.8 Å². The van der Waals surface area contributed by atoms with Crippen LogP contribution in [-0.2, 0) is 4.74 Å². The number of benzene rings is 1. The standard InChI is InChI=1S/C18H17N5O5S/c1-26-5-4-20-16(24)13-7-10-15(21-18(19)22-17(10)29-13)14(23-25)9-2-3-11-12(6-9)28-8-27-11/h2-3,6-7,14H,4-5,8H2,1H3,(H,20,24)(H2,19,21,22). The lowest BCUT2D eigenvalue weighted by Crippen LogP contribution is -2.26. The quantitative estimate of drug-likeness (QED) is 0.442. The van der Waals surface area contributed by atoms with Crippen LogP contribution < -0.4 is 20.5 Å². The van der Waals surface area contributed by atoms with Crippen molar-refractivity contribution in [3.63, 3.8) is 0 Å². The minimum Gasteiger partial charge on any atom is -0.454 e. The first-order chi connectivity index (χ1) is 14.1. The highest BCUT2D eigenvalue weighted by Crippen LogP contribution is 2.39. The van der Waals surface area contributed by atoms with E-state index in [-0.39, 0.29) is 18.6 Å². The number of ether oxygens (including phenoxy) is 3. The summed E-state index contributed by atoms with van der Waals surface area (Å²) in [5, 5.41) is 6.55. The van der Waals surface area contributed by atoms with Gasteiger partial charge in [-0.25, -0.2) is 9.97 Å². The largest absolute Gasteiger partial charge is 0.454 e. The lowest BCUT2D eigenvalue weighted by atomic mass is 10.0. The maximum atomic E-state index is 12.4. The van der Waals surface area contributed by atoms with Gasteiger partial charge < -0.3 is 25.3 Å². The van der Waals surface area contributed by atoms with Gasteiger partial charge in [0.15, 0.2) is 17.5 Å². The Morgan fingerprint density at radius 1 is 1.34 bits per heavy atom. The maximum absolute atomic E-state index is 12.4. The summed E-state index contributed by atoms with van der Waals surface area (Å²) in [4.78, 5) is 33.5. The molecule has 3 aromatic rings. The van der Waals surface area contributed by atoms with Crippen molar-refractivity contribution >= 4 is 33.4 Å². The van der Waals surface area contributed by atoms with Gasteiger partial charge in [-0.2, -0.15) is 0 Å². The molecule has 1 unspecified atom stereocenters. The Hall–Kier alpha value is -3.31. The zero-order valence-electron chi connectivity index (χ0n) is 15.4. The Bertz CT molecular complexity index is 1090. The Morgan fingerprint density at radius 2 is 2.17 bits per heavy atom. The highest BCUT2D eigenvalue weighted by atomic mass is 32.1. The van der Waals surface area contributed by atoms with Crippen LogP contribution in [0.3, 0.4) is 0 Å². The number of rotatable bonds is 7. The molecule has 0 radical (unpaired) electrons. The van der Waals surface area contributed by atoms with Crippen LogP contribution >= 0.6 is 11.3 Å². The number of hydrogen-bond donors (Lipinski definition) is 2. The zero-order valence-corrected chi connectivity index (χ0v) is 16.2. The number of nitrogen functional groups attached to an aromatic ring is 1. The fourth-order valence-corrected chi connectivity index (χ4v) is 3.95. The molecule has 3 heterocycles. The molecular weight excluding hydrogens is 398 g/mol. The van der Waals surface area contributed by atoms with Crippen LogP contribution in [0.1, 0.15) is 27.0 Å². The number of nitrogens with one attached hydrogen (secondary N) is 1. The van der Waals surface area contributed by atoms with E-state index in [4.69, 9.17) is 19.9 Å². The lowest BCUT2D eigenvalue weighted by Gasteiger charge is -2.11. The molecule has 0 aliphatic carbocycles. The van der Waals surface area contributed by atoms with Crippen LogP contribution in [0.2, 0.25) is 0 Å².